The van der Waals surface area contributed by atoms with Crippen LogP contribution in [0.5, 0.6) is 0 Å². The summed E-state index contributed by atoms with van der Waals surface area (Å²) in [5.41, 5.74) is 2.50. The van der Waals surface area contributed by atoms with E-state index in [1.165, 1.54) is 0 Å². The van der Waals surface area contributed by atoms with Gasteiger partial charge in [0, 0.05) is 19.8 Å². The Labute approximate surface area is 107 Å². The Hall–Kier alpha value is -1.60. The van der Waals surface area contributed by atoms with Crippen molar-refractivity contribution in [2.75, 3.05) is 19.8 Å². The molecule has 102 valence electrons. The van der Waals surface area contributed by atoms with Crippen molar-refractivity contribution in [3.05, 3.63) is 17.8 Å². The molecular weight excluding hydrogens is 234 g/mol. The SMILES string of the molecule is CCOCCCNC(=NCc1ncc(C)o1)NN. The van der Waals surface area contributed by atoms with E-state index in [0.29, 0.717) is 18.4 Å². The fourth-order valence-corrected chi connectivity index (χ4v) is 1.30. The van der Waals surface area contributed by atoms with Crippen LogP contribution in [0.15, 0.2) is 15.6 Å². The summed E-state index contributed by atoms with van der Waals surface area (Å²) >= 11 is 0. The van der Waals surface area contributed by atoms with Gasteiger partial charge >= 0.3 is 0 Å². The van der Waals surface area contributed by atoms with Gasteiger partial charge in [-0.25, -0.2) is 15.8 Å². The first-order valence-corrected chi connectivity index (χ1v) is 6.00. The van der Waals surface area contributed by atoms with Gasteiger partial charge in [-0.2, -0.15) is 0 Å². The summed E-state index contributed by atoms with van der Waals surface area (Å²) in [6.45, 7) is 6.37. The number of aromatic nitrogens is 1. The Morgan fingerprint density at radius 1 is 1.61 bits per heavy atom. The zero-order valence-electron chi connectivity index (χ0n) is 10.9. The lowest BCUT2D eigenvalue weighted by atomic mass is 10.4. The summed E-state index contributed by atoms with van der Waals surface area (Å²) in [7, 11) is 0. The van der Waals surface area contributed by atoms with Crippen LogP contribution in [0.1, 0.15) is 25.0 Å². The Bertz CT molecular complexity index is 364. The maximum atomic E-state index is 5.36. The Morgan fingerprint density at radius 3 is 3.06 bits per heavy atom. The minimum absolute atomic E-state index is 0.353. The normalized spacial score (nSPS) is 11.6. The van der Waals surface area contributed by atoms with Gasteiger partial charge in [0.25, 0.3) is 0 Å². The Balaban J connectivity index is 2.27. The van der Waals surface area contributed by atoms with Crippen molar-refractivity contribution in [1.82, 2.24) is 15.7 Å². The molecule has 0 saturated carbocycles. The van der Waals surface area contributed by atoms with Gasteiger partial charge in [0.05, 0.1) is 6.20 Å². The molecule has 0 aliphatic carbocycles. The zero-order chi connectivity index (χ0) is 13.2. The first kappa shape index (κ1) is 14.5. The van der Waals surface area contributed by atoms with Crippen LogP contribution < -0.4 is 16.6 Å². The molecule has 0 saturated heterocycles. The highest BCUT2D eigenvalue weighted by atomic mass is 16.5. The van der Waals surface area contributed by atoms with Gasteiger partial charge in [-0.05, 0) is 20.3 Å². The average Bonchev–Trinajstić information content (AvgIpc) is 2.78. The number of rotatable bonds is 7. The molecule has 7 heteroatoms. The van der Waals surface area contributed by atoms with Gasteiger partial charge in [0.2, 0.25) is 11.9 Å². The van der Waals surface area contributed by atoms with Crippen LogP contribution >= 0.6 is 0 Å². The number of nitrogens with two attached hydrogens (primary N) is 1. The number of aryl methyl sites for hydroxylation is 1. The third-order valence-electron chi connectivity index (χ3n) is 2.14. The Morgan fingerprint density at radius 2 is 2.44 bits per heavy atom. The summed E-state index contributed by atoms with van der Waals surface area (Å²) in [5, 5.41) is 3.07. The fraction of sp³-hybridized carbons (Fsp3) is 0.636. The van der Waals surface area contributed by atoms with Crippen molar-refractivity contribution in [3.63, 3.8) is 0 Å². The summed E-state index contributed by atoms with van der Waals surface area (Å²) in [4.78, 5) is 8.27. The summed E-state index contributed by atoms with van der Waals surface area (Å²) in [5.74, 6) is 7.21. The van der Waals surface area contributed by atoms with E-state index in [0.717, 1.165) is 31.9 Å². The fourth-order valence-electron chi connectivity index (χ4n) is 1.30. The topological polar surface area (TPSA) is 97.7 Å². The molecule has 0 aliphatic heterocycles. The molecule has 0 unspecified atom stereocenters. The molecule has 0 bridgehead atoms. The van der Waals surface area contributed by atoms with Crippen LogP contribution in [0.4, 0.5) is 0 Å². The van der Waals surface area contributed by atoms with Crippen molar-refractivity contribution in [1.29, 1.82) is 0 Å². The number of ether oxygens (including phenoxy) is 1. The van der Waals surface area contributed by atoms with Crippen molar-refractivity contribution < 1.29 is 9.15 Å². The van der Waals surface area contributed by atoms with E-state index in [2.05, 4.69) is 20.7 Å². The molecule has 0 aromatic carbocycles. The molecule has 1 heterocycles. The van der Waals surface area contributed by atoms with Gasteiger partial charge in [0.15, 0.2) is 0 Å². The van der Waals surface area contributed by atoms with E-state index in [4.69, 9.17) is 15.0 Å². The van der Waals surface area contributed by atoms with Crippen molar-refractivity contribution in [2.45, 2.75) is 26.8 Å². The predicted octanol–water partition coefficient (Wildman–Crippen LogP) is 0.319. The van der Waals surface area contributed by atoms with Crippen molar-refractivity contribution in [3.8, 4) is 0 Å². The number of nitrogens with zero attached hydrogens (tertiary/aromatic N) is 2. The van der Waals surface area contributed by atoms with Crippen molar-refractivity contribution >= 4 is 5.96 Å². The molecular formula is C11H21N5O2. The highest BCUT2D eigenvalue weighted by molar-refractivity contribution is 5.79. The van der Waals surface area contributed by atoms with Crippen LogP contribution in [0.3, 0.4) is 0 Å². The van der Waals surface area contributed by atoms with Crippen LogP contribution in [0.25, 0.3) is 0 Å². The monoisotopic (exact) mass is 255 g/mol. The second-order valence-corrected chi connectivity index (χ2v) is 3.65. The van der Waals surface area contributed by atoms with Gasteiger partial charge < -0.3 is 14.5 Å². The van der Waals surface area contributed by atoms with Gasteiger partial charge in [-0.15, -0.1) is 0 Å². The second-order valence-electron chi connectivity index (χ2n) is 3.65. The van der Waals surface area contributed by atoms with Crippen molar-refractivity contribution in [2.24, 2.45) is 10.8 Å². The number of oxazole rings is 1. The molecule has 4 N–H and O–H groups in total. The summed E-state index contributed by atoms with van der Waals surface area (Å²) in [6, 6.07) is 0. The van der Waals surface area contributed by atoms with Gasteiger partial charge in [0.1, 0.15) is 12.3 Å². The lowest BCUT2D eigenvalue weighted by Crippen LogP contribution is -2.42. The van der Waals surface area contributed by atoms with E-state index in [1.54, 1.807) is 6.20 Å². The third kappa shape index (κ3) is 5.65. The number of guanidine groups is 1. The highest BCUT2D eigenvalue weighted by Gasteiger charge is 2.00. The molecule has 7 nitrogen and oxygen atoms in total. The number of aliphatic imine (C=N–C) groups is 1. The lowest BCUT2D eigenvalue weighted by Gasteiger charge is -2.08. The second kappa shape index (κ2) is 8.48. The largest absolute Gasteiger partial charge is 0.444 e. The van der Waals surface area contributed by atoms with Crippen LogP contribution in [0.2, 0.25) is 0 Å². The molecule has 0 amide bonds. The summed E-state index contributed by atoms with van der Waals surface area (Å²) in [6.07, 6.45) is 2.56. The molecule has 0 fully saturated rings. The maximum absolute atomic E-state index is 5.36. The molecule has 0 spiro atoms. The molecule has 1 rings (SSSR count). The molecule has 0 aliphatic rings. The molecule has 0 atom stereocenters. The highest BCUT2D eigenvalue weighted by Crippen LogP contribution is 2.02. The van der Waals surface area contributed by atoms with E-state index in [9.17, 15) is 0 Å². The first-order valence-electron chi connectivity index (χ1n) is 6.00. The zero-order valence-corrected chi connectivity index (χ0v) is 10.9. The molecule has 1 aromatic rings. The lowest BCUT2D eigenvalue weighted by molar-refractivity contribution is 0.145. The van der Waals surface area contributed by atoms with Gasteiger partial charge in [-0.1, -0.05) is 0 Å². The number of hydrazine groups is 1. The average molecular weight is 255 g/mol. The quantitative estimate of drug-likeness (QED) is 0.213. The van der Waals surface area contributed by atoms with Crippen LogP contribution in [-0.4, -0.2) is 30.7 Å². The third-order valence-corrected chi connectivity index (χ3v) is 2.14. The maximum Gasteiger partial charge on any atom is 0.216 e. The summed E-state index contributed by atoms with van der Waals surface area (Å²) < 4.78 is 10.5. The predicted molar refractivity (Wildman–Crippen MR) is 68.8 cm³/mol. The minimum Gasteiger partial charge on any atom is -0.444 e. The van der Waals surface area contributed by atoms with E-state index < -0.39 is 0 Å². The van der Waals surface area contributed by atoms with E-state index in [1.807, 2.05) is 13.8 Å². The smallest absolute Gasteiger partial charge is 0.216 e. The van der Waals surface area contributed by atoms with E-state index >= 15 is 0 Å². The molecule has 18 heavy (non-hydrogen) atoms. The number of hydrogen-bond donors (Lipinski definition) is 3. The molecule has 0 radical (unpaired) electrons. The molecule has 1 aromatic heterocycles. The first-order chi connectivity index (χ1) is 8.76. The van der Waals surface area contributed by atoms with E-state index in [-0.39, 0.29) is 0 Å². The minimum atomic E-state index is 0.353. The number of nitrogens with one attached hydrogen (secondary N) is 2. The standard InChI is InChI=1S/C11H21N5O2/c1-3-17-6-4-5-13-11(16-12)15-8-10-14-7-9(2)18-10/h7H,3-6,8,12H2,1-2H3,(H2,13,15,16). The van der Waals surface area contributed by atoms with Crippen LogP contribution in [0, 0.1) is 6.92 Å². The number of hydrogen-bond acceptors (Lipinski definition) is 5. The Kier molecular flexibility index (Phi) is 6.82. The van der Waals surface area contributed by atoms with Gasteiger partial charge in [-0.3, -0.25) is 5.43 Å². The van der Waals surface area contributed by atoms with Crippen LogP contribution in [-0.2, 0) is 11.3 Å².